The van der Waals surface area contributed by atoms with Crippen LogP contribution in [0, 0.1) is 5.92 Å². The Kier molecular flexibility index (Phi) is 4.78. The molecule has 6 heteroatoms. The first-order chi connectivity index (χ1) is 10.7. The summed E-state index contributed by atoms with van der Waals surface area (Å²) < 4.78 is 5.43. The molecule has 0 aliphatic carbocycles. The predicted molar refractivity (Wildman–Crippen MR) is 85.8 cm³/mol. The minimum absolute atomic E-state index is 0.00742. The lowest BCUT2D eigenvalue weighted by molar-refractivity contribution is 0.0825. The van der Waals surface area contributed by atoms with E-state index in [1.165, 1.54) is 0 Å². The second-order valence-corrected chi connectivity index (χ2v) is 6.25. The number of aromatic amines is 1. The maximum absolute atomic E-state index is 12.3. The highest BCUT2D eigenvalue weighted by molar-refractivity contribution is 5.49. The first-order valence-electron chi connectivity index (χ1n) is 8.45. The fourth-order valence-electron chi connectivity index (χ4n) is 3.32. The van der Waals surface area contributed by atoms with Gasteiger partial charge in [-0.1, -0.05) is 26.7 Å². The Labute approximate surface area is 131 Å². The monoisotopic (exact) mass is 306 g/mol. The van der Waals surface area contributed by atoms with E-state index < -0.39 is 0 Å². The van der Waals surface area contributed by atoms with E-state index >= 15 is 0 Å². The Morgan fingerprint density at radius 3 is 2.73 bits per heavy atom. The molecule has 2 N–H and O–H groups in total. The number of H-pyrrole nitrogens is 1. The molecule has 3 heterocycles. The average Bonchev–Trinajstić information content (AvgIpc) is 2.98. The molecule has 0 unspecified atom stereocenters. The highest BCUT2D eigenvalue weighted by atomic mass is 16.5. The highest BCUT2D eigenvalue weighted by Crippen LogP contribution is 2.26. The standard InChI is InChI=1S/C16H26N4O2/c1-3-11(4-2)9-14-18-15-13(16(21)19-14)10-17-20(15)12-5-7-22-8-6-12/h11-12,17H,3-10H2,1-2H3,(H,18,19,21). The molecule has 1 aromatic rings. The van der Waals surface area contributed by atoms with E-state index in [0.717, 1.165) is 62.5 Å². The van der Waals surface area contributed by atoms with Crippen molar-refractivity contribution in [3.8, 4) is 0 Å². The van der Waals surface area contributed by atoms with Crippen molar-refractivity contribution in [1.29, 1.82) is 0 Å². The maximum Gasteiger partial charge on any atom is 0.257 e. The molecule has 2 aliphatic rings. The van der Waals surface area contributed by atoms with E-state index in [9.17, 15) is 4.79 Å². The van der Waals surface area contributed by atoms with Gasteiger partial charge in [0.25, 0.3) is 5.56 Å². The van der Waals surface area contributed by atoms with Crippen molar-refractivity contribution in [2.45, 2.75) is 58.5 Å². The van der Waals surface area contributed by atoms with Crippen molar-refractivity contribution < 1.29 is 4.74 Å². The number of fused-ring (bicyclic) bond motifs is 1. The van der Waals surface area contributed by atoms with Crippen LogP contribution < -0.4 is 16.0 Å². The summed E-state index contributed by atoms with van der Waals surface area (Å²) in [4.78, 5) is 20.1. The number of aromatic nitrogens is 2. The molecule has 0 spiro atoms. The lowest BCUT2D eigenvalue weighted by Gasteiger charge is -2.32. The van der Waals surface area contributed by atoms with Gasteiger partial charge in [0.05, 0.1) is 11.6 Å². The quantitative estimate of drug-likeness (QED) is 0.867. The Morgan fingerprint density at radius 1 is 1.32 bits per heavy atom. The van der Waals surface area contributed by atoms with Crippen LogP contribution in [0.4, 0.5) is 5.82 Å². The number of nitrogens with zero attached hydrogens (tertiary/aromatic N) is 2. The number of hydrazine groups is 1. The largest absolute Gasteiger partial charge is 0.381 e. The normalized spacial score (nSPS) is 19.0. The molecular formula is C16H26N4O2. The van der Waals surface area contributed by atoms with Gasteiger partial charge in [0.15, 0.2) is 5.82 Å². The summed E-state index contributed by atoms with van der Waals surface area (Å²) >= 11 is 0. The van der Waals surface area contributed by atoms with E-state index in [-0.39, 0.29) is 5.56 Å². The second kappa shape index (κ2) is 6.79. The van der Waals surface area contributed by atoms with Gasteiger partial charge in [0, 0.05) is 26.2 Å². The van der Waals surface area contributed by atoms with Crippen LogP contribution in [0.15, 0.2) is 4.79 Å². The molecule has 22 heavy (non-hydrogen) atoms. The van der Waals surface area contributed by atoms with Crippen LogP contribution in [0.3, 0.4) is 0 Å². The van der Waals surface area contributed by atoms with Crippen LogP contribution in [0.25, 0.3) is 0 Å². The summed E-state index contributed by atoms with van der Waals surface area (Å²) in [6.07, 6.45) is 5.02. The molecule has 122 valence electrons. The van der Waals surface area contributed by atoms with Gasteiger partial charge in [-0.05, 0) is 18.8 Å². The zero-order valence-electron chi connectivity index (χ0n) is 13.5. The van der Waals surface area contributed by atoms with E-state index in [1.54, 1.807) is 0 Å². The van der Waals surface area contributed by atoms with Crippen LogP contribution in [-0.2, 0) is 17.7 Å². The van der Waals surface area contributed by atoms with Gasteiger partial charge in [-0.25, -0.2) is 10.4 Å². The molecule has 1 aromatic heterocycles. The highest BCUT2D eigenvalue weighted by Gasteiger charge is 2.31. The van der Waals surface area contributed by atoms with Crippen molar-refractivity contribution in [3.05, 3.63) is 21.7 Å². The molecule has 2 aliphatic heterocycles. The van der Waals surface area contributed by atoms with E-state index in [0.29, 0.717) is 18.5 Å². The van der Waals surface area contributed by atoms with Crippen molar-refractivity contribution in [2.75, 3.05) is 18.2 Å². The van der Waals surface area contributed by atoms with Crippen LogP contribution in [0.1, 0.15) is 50.9 Å². The van der Waals surface area contributed by atoms with Gasteiger partial charge >= 0.3 is 0 Å². The summed E-state index contributed by atoms with van der Waals surface area (Å²) in [5.41, 5.74) is 4.11. The van der Waals surface area contributed by atoms with Crippen molar-refractivity contribution in [2.24, 2.45) is 5.92 Å². The average molecular weight is 306 g/mol. The lowest BCUT2D eigenvalue weighted by Crippen LogP contribution is -2.45. The fraction of sp³-hybridized carbons (Fsp3) is 0.750. The predicted octanol–water partition coefficient (Wildman–Crippen LogP) is 1.75. The first-order valence-corrected chi connectivity index (χ1v) is 8.45. The molecule has 1 saturated heterocycles. The van der Waals surface area contributed by atoms with E-state index in [1.807, 2.05) is 0 Å². The summed E-state index contributed by atoms with van der Waals surface area (Å²) in [6, 6.07) is 0.366. The third kappa shape index (κ3) is 3.03. The zero-order chi connectivity index (χ0) is 15.5. The number of anilines is 1. The molecule has 0 aromatic carbocycles. The Balaban J connectivity index is 1.85. The van der Waals surface area contributed by atoms with E-state index in [2.05, 4.69) is 29.3 Å². The topological polar surface area (TPSA) is 70.2 Å². The fourth-order valence-corrected chi connectivity index (χ4v) is 3.32. The van der Waals surface area contributed by atoms with Crippen LogP contribution >= 0.6 is 0 Å². The minimum Gasteiger partial charge on any atom is -0.381 e. The molecule has 0 amide bonds. The summed E-state index contributed by atoms with van der Waals surface area (Å²) in [7, 11) is 0. The Hall–Kier alpha value is -1.40. The maximum atomic E-state index is 12.3. The van der Waals surface area contributed by atoms with Gasteiger partial charge in [-0.15, -0.1) is 0 Å². The number of hydrogen-bond acceptors (Lipinski definition) is 5. The Morgan fingerprint density at radius 2 is 2.05 bits per heavy atom. The number of ether oxygens (including phenoxy) is 1. The van der Waals surface area contributed by atoms with Crippen molar-refractivity contribution >= 4 is 5.82 Å². The zero-order valence-corrected chi connectivity index (χ0v) is 13.5. The van der Waals surface area contributed by atoms with Crippen LogP contribution in [0.5, 0.6) is 0 Å². The second-order valence-electron chi connectivity index (χ2n) is 6.25. The third-order valence-electron chi connectivity index (χ3n) is 4.89. The molecule has 3 rings (SSSR count). The van der Waals surface area contributed by atoms with Crippen molar-refractivity contribution in [1.82, 2.24) is 15.4 Å². The lowest BCUT2D eigenvalue weighted by atomic mass is 9.99. The number of hydrogen-bond donors (Lipinski definition) is 2. The van der Waals surface area contributed by atoms with Gasteiger partial charge in [0.1, 0.15) is 5.82 Å². The molecule has 1 fully saturated rings. The molecule has 6 nitrogen and oxygen atoms in total. The van der Waals surface area contributed by atoms with Gasteiger partial charge < -0.3 is 9.72 Å². The smallest absolute Gasteiger partial charge is 0.257 e. The minimum atomic E-state index is 0.00742. The summed E-state index contributed by atoms with van der Waals surface area (Å²) in [6.45, 7) is 6.51. The van der Waals surface area contributed by atoms with Crippen LogP contribution in [0.2, 0.25) is 0 Å². The van der Waals surface area contributed by atoms with Gasteiger partial charge in [-0.3, -0.25) is 9.80 Å². The van der Waals surface area contributed by atoms with Crippen LogP contribution in [-0.4, -0.2) is 29.2 Å². The molecule has 0 atom stereocenters. The first kappa shape index (κ1) is 15.5. The molecule has 0 radical (unpaired) electrons. The third-order valence-corrected chi connectivity index (χ3v) is 4.89. The van der Waals surface area contributed by atoms with Gasteiger partial charge in [-0.2, -0.15) is 0 Å². The summed E-state index contributed by atoms with van der Waals surface area (Å²) in [5.74, 6) is 2.22. The van der Waals surface area contributed by atoms with Gasteiger partial charge in [0.2, 0.25) is 0 Å². The molecule has 0 saturated carbocycles. The molecule has 0 bridgehead atoms. The number of rotatable bonds is 5. The summed E-state index contributed by atoms with van der Waals surface area (Å²) in [5, 5.41) is 2.10. The number of nitrogens with one attached hydrogen (secondary N) is 2. The SMILES string of the molecule is CCC(CC)Cc1nc2c(c(=O)[nH]1)CNN2C1CCOCC1. The molecular weight excluding hydrogens is 280 g/mol. The Bertz CT molecular complexity index is 562. The van der Waals surface area contributed by atoms with E-state index in [4.69, 9.17) is 9.72 Å². The van der Waals surface area contributed by atoms with Crippen molar-refractivity contribution in [3.63, 3.8) is 0 Å².